The fourth-order valence-corrected chi connectivity index (χ4v) is 3.05. The molecule has 0 aliphatic carbocycles. The molecule has 1 aromatic carbocycles. The third-order valence-electron chi connectivity index (χ3n) is 4.41. The predicted molar refractivity (Wildman–Crippen MR) is 101 cm³/mol. The Morgan fingerprint density at radius 2 is 1.48 bits per heavy atom. The standard InChI is InChI=1S/C21H30N2/c1-7-16-12-13-20(22-19(16)8-2)23-21-17(14(3)4)10-9-11-18(21)15(5)6/h9-15H,7-8H2,1-6H3,(H,22,23). The van der Waals surface area contributed by atoms with Crippen LogP contribution in [0.25, 0.3) is 0 Å². The van der Waals surface area contributed by atoms with E-state index in [1.165, 1.54) is 28.1 Å². The number of rotatable bonds is 6. The van der Waals surface area contributed by atoms with E-state index in [-0.39, 0.29) is 0 Å². The molecule has 0 unspecified atom stereocenters. The molecule has 0 amide bonds. The zero-order valence-corrected chi connectivity index (χ0v) is 15.4. The fourth-order valence-electron chi connectivity index (χ4n) is 3.05. The van der Waals surface area contributed by atoms with Crippen molar-refractivity contribution in [1.82, 2.24) is 4.98 Å². The van der Waals surface area contributed by atoms with E-state index in [1.54, 1.807) is 0 Å². The maximum Gasteiger partial charge on any atom is 0.130 e. The first-order chi connectivity index (χ1) is 11.0. The number of pyridine rings is 1. The quantitative estimate of drug-likeness (QED) is 0.687. The van der Waals surface area contributed by atoms with Crippen molar-refractivity contribution in [1.29, 1.82) is 0 Å². The summed E-state index contributed by atoms with van der Waals surface area (Å²) in [6.07, 6.45) is 2.01. The molecule has 1 N–H and O–H groups in total. The summed E-state index contributed by atoms with van der Waals surface area (Å²) >= 11 is 0. The summed E-state index contributed by atoms with van der Waals surface area (Å²) in [7, 11) is 0. The summed E-state index contributed by atoms with van der Waals surface area (Å²) in [6, 6.07) is 10.9. The van der Waals surface area contributed by atoms with Gasteiger partial charge in [-0.25, -0.2) is 4.98 Å². The second kappa shape index (κ2) is 7.63. The number of aryl methyl sites for hydroxylation is 2. The van der Waals surface area contributed by atoms with Crippen LogP contribution in [0.15, 0.2) is 30.3 Å². The molecule has 0 saturated carbocycles. The SMILES string of the molecule is CCc1ccc(Nc2c(C(C)C)cccc2C(C)C)nc1CC. The summed E-state index contributed by atoms with van der Waals surface area (Å²) < 4.78 is 0. The van der Waals surface area contributed by atoms with Gasteiger partial charge in [-0.1, -0.05) is 65.8 Å². The van der Waals surface area contributed by atoms with Gasteiger partial charge in [-0.3, -0.25) is 0 Å². The molecule has 0 radical (unpaired) electrons. The molecule has 1 heterocycles. The highest BCUT2D eigenvalue weighted by Gasteiger charge is 2.14. The van der Waals surface area contributed by atoms with Gasteiger partial charge in [0.05, 0.1) is 0 Å². The lowest BCUT2D eigenvalue weighted by Gasteiger charge is -2.21. The maximum absolute atomic E-state index is 4.85. The van der Waals surface area contributed by atoms with Crippen molar-refractivity contribution in [3.8, 4) is 0 Å². The third-order valence-corrected chi connectivity index (χ3v) is 4.41. The molecule has 0 fully saturated rings. The molecule has 2 nitrogen and oxygen atoms in total. The van der Waals surface area contributed by atoms with Crippen LogP contribution < -0.4 is 5.32 Å². The average Bonchev–Trinajstić information content (AvgIpc) is 2.54. The highest BCUT2D eigenvalue weighted by molar-refractivity contribution is 5.67. The molecule has 0 aliphatic heterocycles. The van der Waals surface area contributed by atoms with Crippen LogP contribution in [-0.4, -0.2) is 4.98 Å². The van der Waals surface area contributed by atoms with Crippen LogP contribution in [-0.2, 0) is 12.8 Å². The van der Waals surface area contributed by atoms with Gasteiger partial charge in [-0.15, -0.1) is 0 Å². The van der Waals surface area contributed by atoms with Crippen molar-refractivity contribution < 1.29 is 0 Å². The minimum Gasteiger partial charge on any atom is -0.340 e. The number of hydrogen-bond acceptors (Lipinski definition) is 2. The van der Waals surface area contributed by atoms with Gasteiger partial charge in [0, 0.05) is 11.4 Å². The molecule has 23 heavy (non-hydrogen) atoms. The lowest BCUT2D eigenvalue weighted by molar-refractivity contribution is 0.837. The topological polar surface area (TPSA) is 24.9 Å². The Morgan fingerprint density at radius 3 is 1.96 bits per heavy atom. The Balaban J connectivity index is 2.47. The van der Waals surface area contributed by atoms with E-state index in [1.807, 2.05) is 0 Å². The zero-order chi connectivity index (χ0) is 17.0. The van der Waals surface area contributed by atoms with Crippen LogP contribution in [0.5, 0.6) is 0 Å². The van der Waals surface area contributed by atoms with Gasteiger partial charge in [0.1, 0.15) is 5.82 Å². The molecule has 1 aromatic heterocycles. The summed E-state index contributed by atoms with van der Waals surface area (Å²) in [4.78, 5) is 4.85. The summed E-state index contributed by atoms with van der Waals surface area (Å²) in [5.74, 6) is 1.92. The molecule has 0 spiro atoms. The van der Waals surface area contributed by atoms with Gasteiger partial charge in [0.15, 0.2) is 0 Å². The molecular weight excluding hydrogens is 280 g/mol. The molecule has 124 valence electrons. The minimum atomic E-state index is 0.483. The number of nitrogens with one attached hydrogen (secondary N) is 1. The molecule has 0 aliphatic rings. The number of para-hydroxylation sites is 1. The molecular formula is C21H30N2. The van der Waals surface area contributed by atoms with E-state index in [0.717, 1.165) is 18.7 Å². The lowest BCUT2D eigenvalue weighted by atomic mass is 9.92. The summed E-state index contributed by atoms with van der Waals surface area (Å²) in [6.45, 7) is 13.3. The highest BCUT2D eigenvalue weighted by atomic mass is 15.0. The van der Waals surface area contributed by atoms with Crippen molar-refractivity contribution in [3.05, 3.63) is 52.7 Å². The molecule has 2 rings (SSSR count). The van der Waals surface area contributed by atoms with Gasteiger partial charge >= 0.3 is 0 Å². The number of nitrogens with zero attached hydrogens (tertiary/aromatic N) is 1. The van der Waals surface area contributed by atoms with Gasteiger partial charge < -0.3 is 5.32 Å². The Hall–Kier alpha value is -1.83. The zero-order valence-electron chi connectivity index (χ0n) is 15.4. The highest BCUT2D eigenvalue weighted by Crippen LogP contribution is 2.34. The number of aromatic nitrogens is 1. The largest absolute Gasteiger partial charge is 0.340 e. The Bertz CT molecular complexity index is 631. The number of benzene rings is 1. The minimum absolute atomic E-state index is 0.483. The van der Waals surface area contributed by atoms with Gasteiger partial charge in [-0.05, 0) is 47.4 Å². The molecule has 0 saturated heterocycles. The Kier molecular flexibility index (Phi) is 5.81. The molecule has 0 atom stereocenters. The van der Waals surface area contributed by atoms with E-state index in [0.29, 0.717) is 11.8 Å². The van der Waals surface area contributed by atoms with Gasteiger partial charge in [0.25, 0.3) is 0 Å². The lowest BCUT2D eigenvalue weighted by Crippen LogP contribution is -2.06. The van der Waals surface area contributed by atoms with E-state index in [4.69, 9.17) is 4.98 Å². The fraction of sp³-hybridized carbons (Fsp3) is 0.476. The molecule has 0 bridgehead atoms. The summed E-state index contributed by atoms with van der Waals surface area (Å²) in [5, 5.41) is 3.62. The Morgan fingerprint density at radius 1 is 0.870 bits per heavy atom. The van der Waals surface area contributed by atoms with Crippen LogP contribution in [0.1, 0.15) is 75.8 Å². The normalized spacial score (nSPS) is 11.3. The maximum atomic E-state index is 4.85. The van der Waals surface area contributed by atoms with Crippen molar-refractivity contribution in [3.63, 3.8) is 0 Å². The van der Waals surface area contributed by atoms with Crippen molar-refractivity contribution in [2.24, 2.45) is 0 Å². The average molecular weight is 310 g/mol. The van der Waals surface area contributed by atoms with E-state index < -0.39 is 0 Å². The molecule has 2 heteroatoms. The third kappa shape index (κ3) is 3.93. The van der Waals surface area contributed by atoms with E-state index in [9.17, 15) is 0 Å². The smallest absolute Gasteiger partial charge is 0.130 e. The predicted octanol–water partition coefficient (Wildman–Crippen LogP) is 6.20. The van der Waals surface area contributed by atoms with Crippen LogP contribution in [0, 0.1) is 0 Å². The van der Waals surface area contributed by atoms with E-state index in [2.05, 4.69) is 77.2 Å². The van der Waals surface area contributed by atoms with Crippen LogP contribution in [0.3, 0.4) is 0 Å². The first-order valence-electron chi connectivity index (χ1n) is 8.86. The van der Waals surface area contributed by atoms with Crippen LogP contribution in [0.2, 0.25) is 0 Å². The Labute approximate surface area is 141 Å². The van der Waals surface area contributed by atoms with Gasteiger partial charge in [-0.2, -0.15) is 0 Å². The monoisotopic (exact) mass is 310 g/mol. The first-order valence-corrected chi connectivity index (χ1v) is 8.86. The first kappa shape index (κ1) is 17.5. The summed E-state index contributed by atoms with van der Waals surface area (Å²) in [5.41, 5.74) is 6.49. The van der Waals surface area contributed by atoms with Gasteiger partial charge in [0.2, 0.25) is 0 Å². The number of anilines is 2. The number of hydrogen-bond donors (Lipinski definition) is 1. The van der Waals surface area contributed by atoms with Crippen molar-refractivity contribution in [2.75, 3.05) is 5.32 Å². The van der Waals surface area contributed by atoms with Crippen molar-refractivity contribution in [2.45, 2.75) is 66.2 Å². The second-order valence-corrected chi connectivity index (χ2v) is 6.76. The van der Waals surface area contributed by atoms with Crippen LogP contribution in [0.4, 0.5) is 11.5 Å². The molecule has 2 aromatic rings. The van der Waals surface area contributed by atoms with Crippen molar-refractivity contribution >= 4 is 11.5 Å². The van der Waals surface area contributed by atoms with Crippen LogP contribution >= 0.6 is 0 Å². The van der Waals surface area contributed by atoms with E-state index >= 15 is 0 Å². The second-order valence-electron chi connectivity index (χ2n) is 6.76.